The summed E-state index contributed by atoms with van der Waals surface area (Å²) in [6, 6.07) is 0. The zero-order chi connectivity index (χ0) is 7.84. The highest BCUT2D eigenvalue weighted by atomic mass is 16.5. The molecule has 2 fully saturated rings. The Kier molecular flexibility index (Phi) is 1.87. The van der Waals surface area contributed by atoms with Gasteiger partial charge >= 0.3 is 0 Å². The van der Waals surface area contributed by atoms with E-state index < -0.39 is 0 Å². The predicted octanol–water partition coefficient (Wildman–Crippen LogP) is -0.303. The number of nitrogens with two attached hydrogens (primary N) is 2. The molecule has 4 N–H and O–H groups in total. The molecular weight excluding hydrogens is 140 g/mol. The molecule has 4 atom stereocenters. The lowest BCUT2D eigenvalue weighted by atomic mass is 9.79. The van der Waals surface area contributed by atoms with Crippen LogP contribution in [0.2, 0.25) is 0 Å². The molecule has 11 heavy (non-hydrogen) atoms. The fourth-order valence-electron chi connectivity index (χ4n) is 2.52. The van der Waals surface area contributed by atoms with E-state index in [1.807, 2.05) is 0 Å². The number of rotatable bonds is 2. The van der Waals surface area contributed by atoms with Crippen LogP contribution in [0.5, 0.6) is 0 Å². The molecule has 0 radical (unpaired) electrons. The Morgan fingerprint density at radius 2 is 1.45 bits per heavy atom. The van der Waals surface area contributed by atoms with Gasteiger partial charge in [0, 0.05) is 11.8 Å². The minimum Gasteiger partial charge on any atom is -0.374 e. The van der Waals surface area contributed by atoms with Crippen molar-refractivity contribution in [3.8, 4) is 0 Å². The largest absolute Gasteiger partial charge is 0.374 e. The van der Waals surface area contributed by atoms with Crippen molar-refractivity contribution in [2.45, 2.75) is 25.0 Å². The molecule has 0 aromatic carbocycles. The van der Waals surface area contributed by atoms with Crippen LogP contribution in [0.25, 0.3) is 0 Å². The topological polar surface area (TPSA) is 61.3 Å². The summed E-state index contributed by atoms with van der Waals surface area (Å²) >= 11 is 0. The molecule has 2 bridgehead atoms. The van der Waals surface area contributed by atoms with E-state index in [1.165, 1.54) is 12.8 Å². The van der Waals surface area contributed by atoms with Crippen LogP contribution in [0.4, 0.5) is 0 Å². The molecule has 0 aliphatic carbocycles. The maximum Gasteiger partial charge on any atom is 0.0624 e. The van der Waals surface area contributed by atoms with Gasteiger partial charge in [-0.2, -0.15) is 0 Å². The maximum atomic E-state index is 5.72. The molecule has 64 valence electrons. The molecule has 0 amide bonds. The van der Waals surface area contributed by atoms with Gasteiger partial charge in [0.2, 0.25) is 0 Å². The third-order valence-corrected chi connectivity index (χ3v) is 3.13. The quantitative estimate of drug-likeness (QED) is 0.577. The molecule has 2 heterocycles. The van der Waals surface area contributed by atoms with Crippen LogP contribution in [0.3, 0.4) is 0 Å². The fraction of sp³-hybridized carbons (Fsp3) is 1.00. The molecule has 3 nitrogen and oxygen atoms in total. The summed E-state index contributed by atoms with van der Waals surface area (Å²) in [4.78, 5) is 0. The molecule has 0 aromatic rings. The SMILES string of the molecule is NCC1C2CCC(O2)C1CN. The second-order valence-corrected chi connectivity index (χ2v) is 3.59. The van der Waals surface area contributed by atoms with E-state index in [0.717, 1.165) is 13.1 Å². The summed E-state index contributed by atoms with van der Waals surface area (Å²) in [5.41, 5.74) is 11.3. The van der Waals surface area contributed by atoms with E-state index in [2.05, 4.69) is 0 Å². The molecule has 0 saturated carbocycles. The van der Waals surface area contributed by atoms with Crippen molar-refractivity contribution in [3.05, 3.63) is 0 Å². The summed E-state index contributed by atoms with van der Waals surface area (Å²) < 4.78 is 5.72. The molecule has 0 aromatic heterocycles. The molecular formula is C8H16N2O. The maximum absolute atomic E-state index is 5.72. The fourth-order valence-corrected chi connectivity index (χ4v) is 2.52. The Morgan fingerprint density at radius 3 is 1.82 bits per heavy atom. The molecule has 2 aliphatic heterocycles. The van der Waals surface area contributed by atoms with E-state index in [9.17, 15) is 0 Å². The van der Waals surface area contributed by atoms with Crippen LogP contribution in [-0.4, -0.2) is 25.3 Å². The van der Waals surface area contributed by atoms with Crippen molar-refractivity contribution in [1.29, 1.82) is 0 Å². The summed E-state index contributed by atoms with van der Waals surface area (Å²) in [5, 5.41) is 0. The van der Waals surface area contributed by atoms with Crippen LogP contribution < -0.4 is 11.5 Å². The van der Waals surface area contributed by atoms with Gasteiger partial charge in [-0.25, -0.2) is 0 Å². The summed E-state index contributed by atoms with van der Waals surface area (Å²) in [6.07, 6.45) is 3.25. The number of hydrogen-bond acceptors (Lipinski definition) is 3. The number of fused-ring (bicyclic) bond motifs is 2. The van der Waals surface area contributed by atoms with Crippen molar-refractivity contribution in [2.24, 2.45) is 23.3 Å². The third-order valence-electron chi connectivity index (χ3n) is 3.13. The van der Waals surface area contributed by atoms with Crippen LogP contribution >= 0.6 is 0 Å². The summed E-state index contributed by atoms with van der Waals surface area (Å²) in [7, 11) is 0. The van der Waals surface area contributed by atoms with Crippen molar-refractivity contribution < 1.29 is 4.74 Å². The third kappa shape index (κ3) is 0.991. The average molecular weight is 156 g/mol. The minimum absolute atomic E-state index is 0.429. The van der Waals surface area contributed by atoms with Gasteiger partial charge in [0.1, 0.15) is 0 Å². The van der Waals surface area contributed by atoms with Crippen LogP contribution in [0.15, 0.2) is 0 Å². The van der Waals surface area contributed by atoms with Gasteiger partial charge in [-0.3, -0.25) is 0 Å². The highest BCUT2D eigenvalue weighted by Crippen LogP contribution is 2.42. The van der Waals surface area contributed by atoms with E-state index in [4.69, 9.17) is 16.2 Å². The predicted molar refractivity (Wildman–Crippen MR) is 43.0 cm³/mol. The van der Waals surface area contributed by atoms with Gasteiger partial charge < -0.3 is 16.2 Å². The smallest absolute Gasteiger partial charge is 0.0624 e. The molecule has 2 rings (SSSR count). The van der Waals surface area contributed by atoms with E-state index >= 15 is 0 Å². The van der Waals surface area contributed by atoms with Gasteiger partial charge in [-0.05, 0) is 25.9 Å². The van der Waals surface area contributed by atoms with Gasteiger partial charge in [0.05, 0.1) is 12.2 Å². The second kappa shape index (κ2) is 2.73. The van der Waals surface area contributed by atoms with Crippen LogP contribution in [-0.2, 0) is 4.74 Å². The Balaban J connectivity index is 2.08. The monoisotopic (exact) mass is 156 g/mol. The lowest BCUT2D eigenvalue weighted by molar-refractivity contribution is 0.0883. The van der Waals surface area contributed by atoms with Crippen LogP contribution in [0.1, 0.15) is 12.8 Å². The Morgan fingerprint density at radius 1 is 1.00 bits per heavy atom. The van der Waals surface area contributed by atoms with Crippen molar-refractivity contribution >= 4 is 0 Å². The second-order valence-electron chi connectivity index (χ2n) is 3.59. The highest BCUT2D eigenvalue weighted by Gasteiger charge is 2.47. The van der Waals surface area contributed by atoms with Gasteiger partial charge in [-0.15, -0.1) is 0 Å². The van der Waals surface area contributed by atoms with Crippen LogP contribution in [0, 0.1) is 11.8 Å². The summed E-state index contributed by atoms with van der Waals surface area (Å²) in [5.74, 6) is 1.08. The molecule has 2 aliphatic rings. The molecule has 2 saturated heterocycles. The van der Waals surface area contributed by atoms with E-state index in [1.54, 1.807) is 0 Å². The molecule has 3 heteroatoms. The Bertz CT molecular complexity index is 135. The zero-order valence-corrected chi connectivity index (χ0v) is 6.70. The first kappa shape index (κ1) is 7.53. The minimum atomic E-state index is 0.429. The standard InChI is InChI=1S/C8H16N2O/c9-3-5-6(4-10)8-2-1-7(5)11-8/h5-8H,1-4,9-10H2. The van der Waals surface area contributed by atoms with Gasteiger partial charge in [-0.1, -0.05) is 0 Å². The van der Waals surface area contributed by atoms with E-state index in [-0.39, 0.29) is 0 Å². The lowest BCUT2D eigenvalue weighted by Crippen LogP contribution is -2.37. The number of hydrogen-bond donors (Lipinski definition) is 2. The molecule has 4 unspecified atom stereocenters. The molecule has 0 spiro atoms. The Labute approximate surface area is 67.1 Å². The van der Waals surface area contributed by atoms with Crippen molar-refractivity contribution in [2.75, 3.05) is 13.1 Å². The first-order chi connectivity index (χ1) is 5.36. The zero-order valence-electron chi connectivity index (χ0n) is 6.70. The first-order valence-electron chi connectivity index (χ1n) is 4.42. The Hall–Kier alpha value is -0.120. The van der Waals surface area contributed by atoms with E-state index in [0.29, 0.717) is 24.0 Å². The van der Waals surface area contributed by atoms with Gasteiger partial charge in [0.15, 0.2) is 0 Å². The van der Waals surface area contributed by atoms with Crippen molar-refractivity contribution in [1.82, 2.24) is 0 Å². The lowest BCUT2D eigenvalue weighted by Gasteiger charge is -2.25. The normalized spacial score (nSPS) is 48.5. The number of ether oxygens (including phenoxy) is 1. The average Bonchev–Trinajstić information content (AvgIpc) is 2.60. The van der Waals surface area contributed by atoms with Crippen molar-refractivity contribution in [3.63, 3.8) is 0 Å². The highest BCUT2D eigenvalue weighted by molar-refractivity contribution is 4.96. The first-order valence-corrected chi connectivity index (χ1v) is 4.42. The van der Waals surface area contributed by atoms with Gasteiger partial charge in [0.25, 0.3) is 0 Å². The summed E-state index contributed by atoms with van der Waals surface area (Å²) in [6.45, 7) is 1.48.